The maximum absolute atomic E-state index is 13.8. The van der Waals surface area contributed by atoms with E-state index in [0.717, 1.165) is 18.0 Å². The van der Waals surface area contributed by atoms with E-state index in [0.29, 0.717) is 11.7 Å². The molecule has 0 saturated carbocycles. The Kier molecular flexibility index (Phi) is 6.79. The van der Waals surface area contributed by atoms with Gasteiger partial charge in [0.25, 0.3) is 0 Å². The summed E-state index contributed by atoms with van der Waals surface area (Å²) in [5.41, 5.74) is 7.04. The number of benzene rings is 1. The molecule has 0 radical (unpaired) electrons. The van der Waals surface area contributed by atoms with Crippen LogP contribution in [-0.2, 0) is 0 Å². The maximum Gasteiger partial charge on any atom is 0.167 e. The molecule has 0 aliphatic heterocycles. The molecule has 0 spiro atoms. The highest BCUT2D eigenvalue weighted by molar-refractivity contribution is 5.68. The molecule has 4 heteroatoms. The molecule has 0 fully saturated rings. The molecule has 0 bridgehead atoms. The van der Waals surface area contributed by atoms with Crippen LogP contribution >= 0.6 is 0 Å². The number of ether oxygens (including phenoxy) is 1. The van der Waals surface area contributed by atoms with Gasteiger partial charge in [0.1, 0.15) is 0 Å². The lowest BCUT2D eigenvalue weighted by atomic mass is 10.0. The number of halogens is 1. The molecule has 0 aliphatic rings. The third kappa shape index (κ3) is 6.23. The van der Waals surface area contributed by atoms with Crippen LogP contribution in [0.3, 0.4) is 0 Å². The van der Waals surface area contributed by atoms with Crippen molar-refractivity contribution in [3.8, 4) is 5.75 Å². The van der Waals surface area contributed by atoms with Gasteiger partial charge in [0.15, 0.2) is 11.6 Å². The lowest BCUT2D eigenvalue weighted by Crippen LogP contribution is -2.17. The average Bonchev–Trinajstić information content (AvgIpc) is 2.34. The van der Waals surface area contributed by atoms with Crippen LogP contribution in [0, 0.1) is 11.7 Å². The summed E-state index contributed by atoms with van der Waals surface area (Å²) < 4.78 is 19.3. The lowest BCUT2D eigenvalue weighted by molar-refractivity contribution is 0.231. The van der Waals surface area contributed by atoms with E-state index in [1.54, 1.807) is 6.07 Å². The zero-order valence-corrected chi connectivity index (χ0v) is 13.9. The minimum atomic E-state index is -0.417. The molecule has 0 aromatic heterocycles. The van der Waals surface area contributed by atoms with Crippen LogP contribution in [-0.4, -0.2) is 12.1 Å². The second kappa shape index (κ2) is 8.11. The highest BCUT2D eigenvalue weighted by Gasteiger charge is 2.12. The molecule has 3 N–H and O–H groups in total. The first kappa shape index (κ1) is 17.6. The molecule has 3 nitrogen and oxygen atoms in total. The third-order valence-electron chi connectivity index (χ3n) is 3.29. The van der Waals surface area contributed by atoms with Gasteiger partial charge in [-0.1, -0.05) is 26.7 Å². The zero-order chi connectivity index (χ0) is 16.0. The van der Waals surface area contributed by atoms with Crippen molar-refractivity contribution in [1.82, 2.24) is 0 Å². The Balaban J connectivity index is 2.69. The summed E-state index contributed by atoms with van der Waals surface area (Å²) in [5, 5.41) is 3.35. The largest absolute Gasteiger partial charge is 0.488 e. The molecular weight excluding hydrogens is 267 g/mol. The summed E-state index contributed by atoms with van der Waals surface area (Å²) >= 11 is 0. The van der Waals surface area contributed by atoms with Crippen molar-refractivity contribution < 1.29 is 9.13 Å². The molecule has 120 valence electrons. The number of hydrogen-bond acceptors (Lipinski definition) is 3. The van der Waals surface area contributed by atoms with Crippen LogP contribution in [0.5, 0.6) is 5.75 Å². The van der Waals surface area contributed by atoms with Crippen LogP contribution in [0.4, 0.5) is 15.8 Å². The fraction of sp³-hybridized carbons (Fsp3) is 0.647. The van der Waals surface area contributed by atoms with Crippen LogP contribution in [0.2, 0.25) is 0 Å². The van der Waals surface area contributed by atoms with Crippen molar-refractivity contribution in [2.45, 2.75) is 66.0 Å². The van der Waals surface area contributed by atoms with Gasteiger partial charge in [-0.2, -0.15) is 0 Å². The average molecular weight is 296 g/mol. The summed E-state index contributed by atoms with van der Waals surface area (Å²) in [7, 11) is 0. The van der Waals surface area contributed by atoms with Gasteiger partial charge in [-0.25, -0.2) is 4.39 Å². The van der Waals surface area contributed by atoms with Crippen LogP contribution < -0.4 is 15.8 Å². The SMILES string of the molecule is CC(C)CCCC(C)Nc1cc(OC(C)C)c(F)cc1N. The highest BCUT2D eigenvalue weighted by Crippen LogP contribution is 2.29. The zero-order valence-electron chi connectivity index (χ0n) is 13.9. The molecule has 0 saturated heterocycles. The van der Waals surface area contributed by atoms with Gasteiger partial charge in [0, 0.05) is 18.2 Å². The molecule has 1 unspecified atom stereocenters. The fourth-order valence-electron chi connectivity index (χ4n) is 2.21. The van der Waals surface area contributed by atoms with Gasteiger partial charge in [-0.3, -0.25) is 0 Å². The lowest BCUT2D eigenvalue weighted by Gasteiger charge is -2.19. The standard InChI is InChI=1S/C17H29FN2O/c1-11(2)7-6-8-13(5)20-16-10-17(21-12(3)4)14(18)9-15(16)19/h9-13,20H,6-8,19H2,1-5H3. The first-order chi connectivity index (χ1) is 9.79. The Morgan fingerprint density at radius 3 is 2.38 bits per heavy atom. The van der Waals surface area contributed by atoms with Gasteiger partial charge in [0.05, 0.1) is 17.5 Å². The Morgan fingerprint density at radius 2 is 1.81 bits per heavy atom. The molecule has 1 rings (SSSR count). The van der Waals surface area contributed by atoms with Crippen molar-refractivity contribution in [3.05, 3.63) is 17.9 Å². The number of nitrogens with two attached hydrogens (primary N) is 1. The van der Waals surface area contributed by atoms with Gasteiger partial charge in [-0.15, -0.1) is 0 Å². The normalized spacial score (nSPS) is 12.8. The minimum Gasteiger partial charge on any atom is -0.488 e. The maximum atomic E-state index is 13.8. The summed E-state index contributed by atoms with van der Waals surface area (Å²) in [5.74, 6) is 0.550. The number of anilines is 2. The predicted octanol–water partition coefficient (Wildman–Crippen LogP) is 4.82. The summed E-state index contributed by atoms with van der Waals surface area (Å²) in [6.07, 6.45) is 3.38. The van der Waals surface area contributed by atoms with Crippen LogP contribution in [0.25, 0.3) is 0 Å². The van der Waals surface area contributed by atoms with Crippen molar-refractivity contribution in [2.24, 2.45) is 5.92 Å². The van der Waals surface area contributed by atoms with E-state index >= 15 is 0 Å². The molecule has 0 amide bonds. The molecule has 0 aliphatic carbocycles. The predicted molar refractivity (Wildman–Crippen MR) is 88.4 cm³/mol. The summed E-state index contributed by atoms with van der Waals surface area (Å²) in [6, 6.07) is 3.27. The Labute approximate surface area is 128 Å². The van der Waals surface area contributed by atoms with Crippen molar-refractivity contribution in [1.29, 1.82) is 0 Å². The molecule has 21 heavy (non-hydrogen) atoms. The first-order valence-corrected chi connectivity index (χ1v) is 7.81. The number of hydrogen-bond donors (Lipinski definition) is 2. The topological polar surface area (TPSA) is 47.3 Å². The van der Waals surface area contributed by atoms with Crippen LogP contribution in [0.1, 0.15) is 53.9 Å². The molecule has 1 atom stereocenters. The Hall–Kier alpha value is -1.45. The smallest absolute Gasteiger partial charge is 0.167 e. The number of nitrogens with one attached hydrogen (secondary N) is 1. The minimum absolute atomic E-state index is 0.0700. The van der Waals surface area contributed by atoms with Crippen LogP contribution in [0.15, 0.2) is 12.1 Å². The molecule has 1 aromatic rings. The van der Waals surface area contributed by atoms with E-state index < -0.39 is 5.82 Å². The van der Waals surface area contributed by atoms with E-state index in [9.17, 15) is 4.39 Å². The molecule has 0 heterocycles. The Bertz CT molecular complexity index is 447. The third-order valence-corrected chi connectivity index (χ3v) is 3.29. The molecule has 1 aromatic carbocycles. The van der Waals surface area contributed by atoms with E-state index in [1.807, 2.05) is 13.8 Å². The van der Waals surface area contributed by atoms with E-state index in [1.165, 1.54) is 18.9 Å². The Morgan fingerprint density at radius 1 is 1.14 bits per heavy atom. The summed E-state index contributed by atoms with van der Waals surface area (Å²) in [4.78, 5) is 0. The number of rotatable bonds is 8. The van der Waals surface area contributed by atoms with Crippen molar-refractivity contribution in [3.63, 3.8) is 0 Å². The van der Waals surface area contributed by atoms with Gasteiger partial charge in [-0.05, 0) is 33.1 Å². The van der Waals surface area contributed by atoms with Gasteiger partial charge in [0.2, 0.25) is 0 Å². The van der Waals surface area contributed by atoms with Crippen molar-refractivity contribution in [2.75, 3.05) is 11.1 Å². The second-order valence-electron chi connectivity index (χ2n) is 6.41. The fourth-order valence-corrected chi connectivity index (χ4v) is 2.21. The quantitative estimate of drug-likeness (QED) is 0.676. The second-order valence-corrected chi connectivity index (χ2v) is 6.41. The first-order valence-electron chi connectivity index (χ1n) is 7.81. The molecular formula is C17H29FN2O. The monoisotopic (exact) mass is 296 g/mol. The highest BCUT2D eigenvalue weighted by atomic mass is 19.1. The van der Waals surface area contributed by atoms with Gasteiger partial charge >= 0.3 is 0 Å². The van der Waals surface area contributed by atoms with Gasteiger partial charge < -0.3 is 15.8 Å². The number of nitrogen functional groups attached to an aromatic ring is 1. The van der Waals surface area contributed by atoms with E-state index in [4.69, 9.17) is 10.5 Å². The summed E-state index contributed by atoms with van der Waals surface area (Å²) in [6.45, 7) is 10.3. The van der Waals surface area contributed by atoms with E-state index in [-0.39, 0.29) is 11.9 Å². The van der Waals surface area contributed by atoms with Crippen molar-refractivity contribution >= 4 is 11.4 Å². The van der Waals surface area contributed by atoms with E-state index in [2.05, 4.69) is 26.1 Å².